The number of hydrogen-bond donors (Lipinski definition) is 6. The summed E-state index contributed by atoms with van der Waals surface area (Å²) in [6.07, 6.45) is 2.58. The number of Topliss-reactive ketones (excluding diaryl/α,β-unsaturated/α-hetero) is 1. The first kappa shape index (κ1) is 45.5. The third-order valence-electron chi connectivity index (χ3n) is 9.18. The Balaban J connectivity index is 1.20. The number of benzene rings is 2. The molecule has 14 nitrogen and oxygen atoms in total. The Morgan fingerprint density at radius 3 is 2.04 bits per heavy atom. The van der Waals surface area contributed by atoms with Gasteiger partial charge in [-0.1, -0.05) is 62.9 Å². The quantitative estimate of drug-likeness (QED) is 0.0574. The number of rotatable bonds is 27. The number of amides is 3. The van der Waals surface area contributed by atoms with Gasteiger partial charge in [-0.2, -0.15) is 0 Å². The molecular formula is C41H61N3O11. The number of nitrogens with one attached hydrogen (secondary N) is 3. The molecule has 3 rings (SSSR count). The number of aliphatic hydroxyl groups excluding tert-OH is 3. The van der Waals surface area contributed by atoms with Gasteiger partial charge in [-0.3, -0.25) is 19.2 Å². The third kappa shape index (κ3) is 17.6. The first-order valence-corrected chi connectivity index (χ1v) is 19.6. The lowest BCUT2D eigenvalue weighted by Gasteiger charge is -2.38. The highest BCUT2D eigenvalue weighted by molar-refractivity contribution is 5.97. The van der Waals surface area contributed by atoms with E-state index in [0.717, 1.165) is 62.6 Å². The average molecular weight is 772 g/mol. The van der Waals surface area contributed by atoms with Crippen LogP contribution in [0.4, 0.5) is 0 Å². The van der Waals surface area contributed by atoms with Gasteiger partial charge in [0.05, 0.1) is 25.9 Å². The highest BCUT2D eigenvalue weighted by atomic mass is 16.7. The van der Waals surface area contributed by atoms with Gasteiger partial charge in [-0.25, -0.2) is 0 Å². The van der Waals surface area contributed by atoms with Crippen molar-refractivity contribution in [1.29, 1.82) is 0 Å². The molecule has 0 aliphatic carbocycles. The summed E-state index contributed by atoms with van der Waals surface area (Å²) >= 11 is 0. The van der Waals surface area contributed by atoms with Gasteiger partial charge in [0.2, 0.25) is 11.8 Å². The molecule has 55 heavy (non-hydrogen) atoms. The normalized spacial score (nSPS) is 19.4. The monoisotopic (exact) mass is 771 g/mol. The van der Waals surface area contributed by atoms with E-state index in [1.165, 1.54) is 0 Å². The number of unbranched alkanes of at least 4 members (excludes halogenated alkanes) is 5. The van der Waals surface area contributed by atoms with Crippen molar-refractivity contribution < 1.29 is 53.4 Å². The predicted octanol–water partition coefficient (Wildman–Crippen LogP) is 3.44. The van der Waals surface area contributed by atoms with Crippen LogP contribution in [-0.2, 0) is 28.6 Å². The molecule has 1 fully saturated rings. The van der Waals surface area contributed by atoms with Gasteiger partial charge in [0.1, 0.15) is 24.1 Å². The molecule has 0 saturated carbocycles. The lowest BCUT2D eigenvalue weighted by atomic mass is 9.98. The molecule has 0 radical (unpaired) electrons. The largest absolute Gasteiger partial charge is 0.484 e. The lowest BCUT2D eigenvalue weighted by Crippen LogP contribution is -2.57. The minimum Gasteiger partial charge on any atom is -0.484 e. The van der Waals surface area contributed by atoms with Gasteiger partial charge < -0.3 is 50.2 Å². The van der Waals surface area contributed by atoms with Crippen LogP contribution in [0.1, 0.15) is 94.8 Å². The zero-order valence-corrected chi connectivity index (χ0v) is 32.3. The Hall–Kier alpha value is -3.92. The second-order valence-corrected chi connectivity index (χ2v) is 13.8. The Labute approximate surface area is 324 Å². The summed E-state index contributed by atoms with van der Waals surface area (Å²) in [5.41, 5.74) is 2.50. The molecule has 0 aromatic heterocycles. The smallest absolute Gasteiger partial charge is 0.258 e. The third-order valence-corrected chi connectivity index (χ3v) is 9.18. The highest BCUT2D eigenvalue weighted by Gasteiger charge is 2.42. The topological polar surface area (TPSA) is 202 Å². The molecule has 1 heterocycles. The first-order chi connectivity index (χ1) is 26.6. The van der Waals surface area contributed by atoms with E-state index < -0.39 is 30.7 Å². The molecule has 1 aliphatic heterocycles. The summed E-state index contributed by atoms with van der Waals surface area (Å²) in [4.78, 5) is 49.0. The summed E-state index contributed by atoms with van der Waals surface area (Å²) in [6.45, 7) is 5.51. The van der Waals surface area contributed by atoms with Crippen molar-refractivity contribution in [1.82, 2.24) is 16.0 Å². The Morgan fingerprint density at radius 2 is 1.33 bits per heavy atom. The van der Waals surface area contributed by atoms with E-state index in [2.05, 4.69) is 22.9 Å². The van der Waals surface area contributed by atoms with Crippen molar-refractivity contribution in [3.63, 3.8) is 0 Å². The second kappa shape index (κ2) is 26.0. The van der Waals surface area contributed by atoms with Gasteiger partial charge in [-0.05, 0) is 61.9 Å². The fraction of sp³-hybridized carbons (Fsp3) is 0.610. The summed E-state index contributed by atoms with van der Waals surface area (Å²) in [7, 11) is 0. The molecule has 0 bridgehead atoms. The molecule has 2 unspecified atom stereocenters. The predicted molar refractivity (Wildman–Crippen MR) is 206 cm³/mol. The van der Waals surface area contributed by atoms with Gasteiger partial charge in [0, 0.05) is 44.5 Å². The number of aliphatic hydroxyl groups is 3. The molecule has 5 atom stereocenters. The van der Waals surface area contributed by atoms with Crippen molar-refractivity contribution in [3.8, 4) is 16.9 Å². The molecule has 306 valence electrons. The molecule has 0 spiro atoms. The summed E-state index contributed by atoms with van der Waals surface area (Å²) in [6, 6.07) is 14.9. The summed E-state index contributed by atoms with van der Waals surface area (Å²) in [5, 5.41) is 37.9. The van der Waals surface area contributed by atoms with Crippen LogP contribution in [0.3, 0.4) is 0 Å². The van der Waals surface area contributed by atoms with Crippen LogP contribution in [0.25, 0.3) is 11.1 Å². The maximum Gasteiger partial charge on any atom is 0.258 e. The van der Waals surface area contributed by atoms with Crippen molar-refractivity contribution in [2.75, 3.05) is 46.1 Å². The van der Waals surface area contributed by atoms with Crippen LogP contribution >= 0.6 is 0 Å². The van der Waals surface area contributed by atoms with Crippen LogP contribution in [0.15, 0.2) is 48.5 Å². The number of carbonyl (C=O) groups excluding carboxylic acids is 4. The minimum atomic E-state index is -1.38. The van der Waals surface area contributed by atoms with Crippen LogP contribution in [0.2, 0.25) is 0 Å². The number of ketones is 1. The minimum absolute atomic E-state index is 0.0998. The standard InChI is InChI=1S/C41H61N3O11/c1-3-4-9-21-42-35(46)15-8-6-5-7-14-34(45)32-13-10-12-31(27-32)30-17-19-33(20-18-30)54-28-37(48)44-23-26-52-25-22-43-36(47)16-11-24-53-41-40(51)39(50)38(49)29(2)55-41/h10,12-13,17-20,27,29,38-41,49-51H,3-9,11,14-16,21-26,28H2,1-2H3,(H,42,46)(H,43,47)(H,44,48)/t29-,38-,39?,40-,41?/m0/s1. The van der Waals surface area contributed by atoms with Crippen molar-refractivity contribution in [2.24, 2.45) is 0 Å². The summed E-state index contributed by atoms with van der Waals surface area (Å²) in [5.74, 6) is 0.243. The van der Waals surface area contributed by atoms with Crippen LogP contribution in [0.5, 0.6) is 5.75 Å². The molecule has 3 amide bonds. The molecular weight excluding hydrogens is 710 g/mol. The average Bonchev–Trinajstić information content (AvgIpc) is 3.19. The summed E-state index contributed by atoms with van der Waals surface area (Å²) < 4.78 is 21.9. The van der Waals surface area contributed by atoms with Crippen LogP contribution in [0, 0.1) is 0 Å². The molecule has 6 N–H and O–H groups in total. The number of ether oxygens (including phenoxy) is 4. The van der Waals surface area contributed by atoms with Crippen molar-refractivity contribution in [2.45, 2.75) is 115 Å². The van der Waals surface area contributed by atoms with Crippen molar-refractivity contribution in [3.05, 3.63) is 54.1 Å². The Bertz CT molecular complexity index is 1440. The number of carbonyl (C=O) groups is 4. The van der Waals surface area contributed by atoms with Gasteiger partial charge >= 0.3 is 0 Å². The van der Waals surface area contributed by atoms with E-state index in [-0.39, 0.29) is 62.9 Å². The SMILES string of the molecule is CCCCCNC(=O)CCCCCCC(=O)c1cccc(-c2ccc(OCC(=O)NCCOCCNC(=O)CCCOC3O[C@@H](C)[C@H](O)C(O)[C@@H]3O)cc2)c1. The zero-order valence-electron chi connectivity index (χ0n) is 32.3. The maximum absolute atomic E-state index is 12.8. The first-order valence-electron chi connectivity index (χ1n) is 19.6. The van der Waals surface area contributed by atoms with E-state index in [0.29, 0.717) is 37.1 Å². The molecule has 1 saturated heterocycles. The Kier molecular flexibility index (Phi) is 21.5. The van der Waals surface area contributed by atoms with E-state index >= 15 is 0 Å². The zero-order chi connectivity index (χ0) is 39.8. The van der Waals surface area contributed by atoms with E-state index in [1.807, 2.05) is 36.4 Å². The van der Waals surface area contributed by atoms with E-state index in [1.54, 1.807) is 19.1 Å². The van der Waals surface area contributed by atoms with Crippen molar-refractivity contribution >= 4 is 23.5 Å². The van der Waals surface area contributed by atoms with E-state index in [4.69, 9.17) is 18.9 Å². The van der Waals surface area contributed by atoms with E-state index in [9.17, 15) is 34.5 Å². The highest BCUT2D eigenvalue weighted by Crippen LogP contribution is 2.25. The second-order valence-electron chi connectivity index (χ2n) is 13.8. The van der Waals surface area contributed by atoms with Crippen LogP contribution in [-0.4, -0.2) is 116 Å². The van der Waals surface area contributed by atoms with Gasteiger partial charge in [0.15, 0.2) is 18.7 Å². The Morgan fingerprint density at radius 1 is 0.673 bits per heavy atom. The molecule has 14 heteroatoms. The molecule has 2 aromatic rings. The molecule has 1 aliphatic rings. The molecule has 2 aromatic carbocycles. The van der Waals surface area contributed by atoms with Crippen LogP contribution < -0.4 is 20.7 Å². The lowest BCUT2D eigenvalue weighted by molar-refractivity contribution is -0.293. The fourth-order valence-corrected chi connectivity index (χ4v) is 5.87. The van der Waals surface area contributed by atoms with Gasteiger partial charge in [-0.15, -0.1) is 0 Å². The van der Waals surface area contributed by atoms with Gasteiger partial charge in [0.25, 0.3) is 5.91 Å². The number of hydrogen-bond acceptors (Lipinski definition) is 11. The maximum atomic E-state index is 12.8. The fourth-order valence-electron chi connectivity index (χ4n) is 5.87.